The maximum atomic E-state index is 11.8. The molecule has 0 heterocycles. The molecule has 1 amide bonds. The van der Waals surface area contributed by atoms with Crippen LogP contribution in [0.3, 0.4) is 0 Å². The number of carbonyl (C=O) groups excluding carboxylic acids is 1. The monoisotopic (exact) mass is 346 g/mol. The van der Waals surface area contributed by atoms with Gasteiger partial charge in [0.1, 0.15) is 5.75 Å². The zero-order valence-electron chi connectivity index (χ0n) is 11.5. The molecule has 0 aliphatic carbocycles. The first-order valence-electron chi connectivity index (χ1n) is 6.38. The molecule has 108 valence electrons. The molecule has 0 fully saturated rings. The molecule has 5 heteroatoms. The third kappa shape index (κ3) is 4.72. The van der Waals surface area contributed by atoms with Crippen LogP contribution in [0.2, 0.25) is 0 Å². The second-order valence-corrected chi connectivity index (χ2v) is 5.26. The summed E-state index contributed by atoms with van der Waals surface area (Å²) in [5.41, 5.74) is 4.24. The third-order valence-electron chi connectivity index (χ3n) is 2.79. The van der Waals surface area contributed by atoms with E-state index in [-0.39, 0.29) is 5.91 Å². The van der Waals surface area contributed by atoms with Crippen LogP contribution in [-0.2, 0) is 11.2 Å². The second-order valence-electron chi connectivity index (χ2n) is 4.34. The average Bonchev–Trinajstić information content (AvgIpc) is 2.48. The Morgan fingerprint density at radius 1 is 1.29 bits per heavy atom. The lowest BCUT2D eigenvalue weighted by molar-refractivity contribution is -0.120. The first kappa shape index (κ1) is 15.3. The average molecular weight is 347 g/mol. The molecule has 2 aromatic carbocycles. The summed E-state index contributed by atoms with van der Waals surface area (Å²) in [6.45, 7) is 0. The molecule has 4 nitrogen and oxygen atoms in total. The van der Waals surface area contributed by atoms with Gasteiger partial charge in [-0.2, -0.15) is 5.10 Å². The normalized spacial score (nSPS) is 10.6. The number of hydrogen-bond acceptors (Lipinski definition) is 3. The number of nitrogens with one attached hydrogen (secondary N) is 1. The largest absolute Gasteiger partial charge is 0.496 e. The van der Waals surface area contributed by atoms with E-state index in [0.717, 1.165) is 15.6 Å². The van der Waals surface area contributed by atoms with Crippen LogP contribution < -0.4 is 10.2 Å². The van der Waals surface area contributed by atoms with Crippen molar-refractivity contribution in [2.45, 2.75) is 6.42 Å². The first-order valence-corrected chi connectivity index (χ1v) is 7.17. The summed E-state index contributed by atoms with van der Waals surface area (Å²) in [6.07, 6.45) is 1.86. The molecule has 0 aromatic heterocycles. The Kier molecular flexibility index (Phi) is 5.51. The Labute approximate surface area is 132 Å². The predicted molar refractivity (Wildman–Crippen MR) is 86.6 cm³/mol. The van der Waals surface area contributed by atoms with Crippen molar-refractivity contribution in [1.29, 1.82) is 0 Å². The van der Waals surface area contributed by atoms with E-state index in [1.54, 1.807) is 13.3 Å². The Morgan fingerprint density at radius 3 is 2.76 bits per heavy atom. The number of rotatable bonds is 5. The van der Waals surface area contributed by atoms with Gasteiger partial charge < -0.3 is 4.74 Å². The van der Waals surface area contributed by atoms with Crippen molar-refractivity contribution in [3.8, 4) is 5.75 Å². The first-order chi connectivity index (χ1) is 10.2. The summed E-state index contributed by atoms with van der Waals surface area (Å²) < 4.78 is 6.15. The van der Waals surface area contributed by atoms with Crippen LogP contribution in [0.15, 0.2) is 58.1 Å². The van der Waals surface area contributed by atoms with Crippen LogP contribution in [-0.4, -0.2) is 19.2 Å². The molecular weight excluding hydrogens is 332 g/mol. The highest BCUT2D eigenvalue weighted by molar-refractivity contribution is 9.10. The van der Waals surface area contributed by atoms with Gasteiger partial charge in [-0.1, -0.05) is 46.3 Å². The maximum Gasteiger partial charge on any atom is 0.244 e. The second kappa shape index (κ2) is 7.59. The number of carbonyl (C=O) groups is 1. The number of hydrogen-bond donors (Lipinski definition) is 1. The molecule has 0 spiro atoms. The molecule has 0 saturated carbocycles. The maximum absolute atomic E-state index is 11.8. The molecule has 0 aliphatic rings. The molecule has 0 radical (unpaired) electrons. The van der Waals surface area contributed by atoms with Gasteiger partial charge >= 0.3 is 0 Å². The van der Waals surface area contributed by atoms with Gasteiger partial charge in [-0.05, 0) is 23.8 Å². The number of halogens is 1. The molecule has 0 atom stereocenters. The molecule has 0 bridgehead atoms. The van der Waals surface area contributed by atoms with Crippen molar-refractivity contribution in [1.82, 2.24) is 5.43 Å². The minimum atomic E-state index is -0.161. The highest BCUT2D eigenvalue weighted by Gasteiger charge is 2.03. The molecule has 21 heavy (non-hydrogen) atoms. The summed E-state index contributed by atoms with van der Waals surface area (Å²) in [7, 11) is 1.59. The lowest BCUT2D eigenvalue weighted by Gasteiger charge is -2.04. The van der Waals surface area contributed by atoms with Gasteiger partial charge in [-0.15, -0.1) is 0 Å². The summed E-state index contributed by atoms with van der Waals surface area (Å²) in [5, 5.41) is 3.96. The molecular formula is C16H15BrN2O2. The van der Waals surface area contributed by atoms with E-state index in [1.165, 1.54) is 0 Å². The van der Waals surface area contributed by atoms with E-state index >= 15 is 0 Å². The lowest BCUT2D eigenvalue weighted by atomic mass is 10.1. The number of nitrogens with zero attached hydrogens (tertiary/aromatic N) is 1. The smallest absolute Gasteiger partial charge is 0.244 e. The van der Waals surface area contributed by atoms with E-state index in [1.807, 2.05) is 48.5 Å². The molecule has 0 aliphatic heterocycles. The Balaban J connectivity index is 1.96. The summed E-state index contributed by atoms with van der Waals surface area (Å²) in [6, 6.07) is 15.1. The fourth-order valence-corrected chi connectivity index (χ4v) is 2.18. The standard InChI is InChI=1S/C16H15BrN2O2/c1-21-15-8-7-14(17)10-13(15)11-18-19-16(20)9-12-5-3-2-4-6-12/h2-8,10-11H,9H2,1H3,(H,19,20). The molecule has 2 aromatic rings. The highest BCUT2D eigenvalue weighted by atomic mass is 79.9. The van der Waals surface area contributed by atoms with Gasteiger partial charge in [-0.25, -0.2) is 5.43 Å². The highest BCUT2D eigenvalue weighted by Crippen LogP contribution is 2.21. The molecule has 1 N–H and O–H groups in total. The zero-order valence-corrected chi connectivity index (χ0v) is 13.1. The van der Waals surface area contributed by atoms with Gasteiger partial charge in [0.05, 0.1) is 19.7 Å². The van der Waals surface area contributed by atoms with Gasteiger partial charge in [0.15, 0.2) is 0 Å². The number of hydrazone groups is 1. The van der Waals surface area contributed by atoms with E-state index in [9.17, 15) is 4.79 Å². The van der Waals surface area contributed by atoms with Crippen LogP contribution in [0.25, 0.3) is 0 Å². The SMILES string of the molecule is COc1ccc(Br)cc1C=NNC(=O)Cc1ccccc1. The Hall–Kier alpha value is -2.14. The number of amides is 1. The van der Waals surface area contributed by atoms with Crippen LogP contribution in [0.4, 0.5) is 0 Å². The van der Waals surface area contributed by atoms with Gasteiger partial charge in [-0.3, -0.25) is 4.79 Å². The topological polar surface area (TPSA) is 50.7 Å². The van der Waals surface area contributed by atoms with Crippen molar-refractivity contribution in [2.24, 2.45) is 5.10 Å². The fraction of sp³-hybridized carbons (Fsp3) is 0.125. The van der Waals surface area contributed by atoms with E-state index in [0.29, 0.717) is 12.2 Å². The van der Waals surface area contributed by atoms with E-state index in [4.69, 9.17) is 4.74 Å². The van der Waals surface area contributed by atoms with E-state index in [2.05, 4.69) is 26.5 Å². The Bertz CT molecular complexity index is 642. The van der Waals surface area contributed by atoms with Crippen molar-refractivity contribution < 1.29 is 9.53 Å². The number of ether oxygens (including phenoxy) is 1. The lowest BCUT2D eigenvalue weighted by Crippen LogP contribution is -2.19. The van der Waals surface area contributed by atoms with Crippen molar-refractivity contribution >= 4 is 28.1 Å². The molecule has 0 saturated heterocycles. The van der Waals surface area contributed by atoms with Gasteiger partial charge in [0.25, 0.3) is 0 Å². The summed E-state index contributed by atoms with van der Waals surface area (Å²) in [4.78, 5) is 11.8. The van der Waals surface area contributed by atoms with Crippen LogP contribution >= 0.6 is 15.9 Å². The minimum Gasteiger partial charge on any atom is -0.496 e. The molecule has 2 rings (SSSR count). The summed E-state index contributed by atoms with van der Waals surface area (Å²) >= 11 is 3.39. The number of methoxy groups -OCH3 is 1. The predicted octanol–water partition coefficient (Wildman–Crippen LogP) is 3.15. The van der Waals surface area contributed by atoms with Crippen molar-refractivity contribution in [3.63, 3.8) is 0 Å². The fourth-order valence-electron chi connectivity index (χ4n) is 1.80. The van der Waals surface area contributed by atoms with Crippen LogP contribution in [0, 0.1) is 0 Å². The van der Waals surface area contributed by atoms with Crippen molar-refractivity contribution in [2.75, 3.05) is 7.11 Å². The quantitative estimate of drug-likeness (QED) is 0.667. The van der Waals surface area contributed by atoms with Gasteiger partial charge in [0, 0.05) is 10.0 Å². The zero-order chi connectivity index (χ0) is 15.1. The van der Waals surface area contributed by atoms with Gasteiger partial charge in [0.2, 0.25) is 5.91 Å². The molecule has 0 unspecified atom stereocenters. The Morgan fingerprint density at radius 2 is 2.05 bits per heavy atom. The van der Waals surface area contributed by atoms with Crippen LogP contribution in [0.1, 0.15) is 11.1 Å². The van der Waals surface area contributed by atoms with Crippen LogP contribution in [0.5, 0.6) is 5.75 Å². The minimum absolute atomic E-state index is 0.161. The number of benzene rings is 2. The third-order valence-corrected chi connectivity index (χ3v) is 3.29. The summed E-state index contributed by atoms with van der Waals surface area (Å²) in [5.74, 6) is 0.533. The van der Waals surface area contributed by atoms with E-state index < -0.39 is 0 Å². The van der Waals surface area contributed by atoms with Crippen molar-refractivity contribution in [3.05, 3.63) is 64.1 Å².